The molecule has 14 heavy (non-hydrogen) atoms. The Labute approximate surface area is 89.2 Å². The first-order valence-corrected chi connectivity index (χ1v) is 5.28. The number of rotatable bonds is 2. The molecule has 2 rings (SSSR count). The van der Waals surface area contributed by atoms with Crippen LogP contribution in [0, 0.1) is 0 Å². The lowest BCUT2D eigenvalue weighted by Crippen LogP contribution is -2.32. The van der Waals surface area contributed by atoms with Gasteiger partial charge < -0.3 is 4.74 Å². The van der Waals surface area contributed by atoms with Crippen LogP contribution in [0.4, 0.5) is 0 Å². The van der Waals surface area contributed by atoms with E-state index in [9.17, 15) is 0 Å². The van der Waals surface area contributed by atoms with Crippen LogP contribution >= 0.6 is 11.6 Å². The number of halogens is 1. The summed E-state index contributed by atoms with van der Waals surface area (Å²) in [6.45, 7) is 1.81. The Morgan fingerprint density at radius 2 is 2.07 bits per heavy atom. The molecular weight excluding hydrogens is 198 g/mol. The van der Waals surface area contributed by atoms with Gasteiger partial charge in [-0.25, -0.2) is 5.32 Å². The number of benzene rings is 1. The monoisotopic (exact) mass is 210 g/mol. The van der Waals surface area contributed by atoms with Gasteiger partial charge in [-0.05, 0) is 37.1 Å². The molecule has 1 radical (unpaired) electrons. The average Bonchev–Trinajstić information content (AvgIpc) is 2.23. The van der Waals surface area contributed by atoms with Crippen LogP contribution in [0.1, 0.15) is 12.8 Å². The highest BCUT2D eigenvalue weighted by molar-refractivity contribution is 6.30. The van der Waals surface area contributed by atoms with E-state index in [0.717, 1.165) is 36.7 Å². The van der Waals surface area contributed by atoms with Crippen molar-refractivity contribution in [1.82, 2.24) is 5.32 Å². The van der Waals surface area contributed by atoms with Crippen molar-refractivity contribution in [1.29, 1.82) is 0 Å². The number of hydrogen-bond donors (Lipinski definition) is 0. The van der Waals surface area contributed by atoms with Gasteiger partial charge in [-0.1, -0.05) is 11.6 Å². The lowest BCUT2D eigenvalue weighted by Gasteiger charge is -2.22. The second kappa shape index (κ2) is 4.67. The molecule has 0 spiro atoms. The molecule has 1 heterocycles. The Morgan fingerprint density at radius 1 is 1.29 bits per heavy atom. The van der Waals surface area contributed by atoms with Crippen molar-refractivity contribution in [2.24, 2.45) is 0 Å². The van der Waals surface area contributed by atoms with Crippen molar-refractivity contribution in [3.63, 3.8) is 0 Å². The molecule has 1 atom stereocenters. The fourth-order valence-electron chi connectivity index (χ4n) is 1.56. The molecule has 1 aromatic carbocycles. The van der Waals surface area contributed by atoms with E-state index in [1.807, 2.05) is 24.3 Å². The first-order valence-electron chi connectivity index (χ1n) is 4.90. The maximum Gasteiger partial charge on any atom is 0.119 e. The quantitative estimate of drug-likeness (QED) is 0.736. The highest BCUT2D eigenvalue weighted by Crippen LogP contribution is 2.18. The highest BCUT2D eigenvalue weighted by Gasteiger charge is 2.14. The second-order valence-corrected chi connectivity index (χ2v) is 3.90. The minimum absolute atomic E-state index is 0.255. The van der Waals surface area contributed by atoms with Crippen molar-refractivity contribution in [3.8, 4) is 5.75 Å². The van der Waals surface area contributed by atoms with Gasteiger partial charge >= 0.3 is 0 Å². The molecule has 0 bridgehead atoms. The summed E-state index contributed by atoms with van der Waals surface area (Å²) in [6, 6.07) is 7.49. The van der Waals surface area contributed by atoms with Crippen LogP contribution in [0.2, 0.25) is 5.02 Å². The highest BCUT2D eigenvalue weighted by atomic mass is 35.5. The van der Waals surface area contributed by atoms with Gasteiger partial charge in [0.05, 0.1) is 6.54 Å². The van der Waals surface area contributed by atoms with Crippen LogP contribution in [0.5, 0.6) is 5.75 Å². The maximum atomic E-state index is 5.78. The van der Waals surface area contributed by atoms with Crippen LogP contribution in [-0.4, -0.2) is 19.2 Å². The molecule has 1 fully saturated rings. The van der Waals surface area contributed by atoms with E-state index in [1.54, 1.807) is 0 Å². The SMILES string of the molecule is Clc1ccc(OC2CCC[N]C2)cc1. The van der Waals surface area contributed by atoms with Gasteiger partial charge in [-0.15, -0.1) is 0 Å². The Balaban J connectivity index is 1.92. The largest absolute Gasteiger partial charge is 0.489 e. The van der Waals surface area contributed by atoms with E-state index >= 15 is 0 Å². The molecule has 3 heteroatoms. The minimum Gasteiger partial charge on any atom is -0.489 e. The standard InChI is InChI=1S/C11H13ClNO/c12-9-3-5-10(6-4-9)14-11-2-1-7-13-8-11/h3-6,11H,1-2,7-8H2. The molecule has 0 aliphatic carbocycles. The van der Waals surface area contributed by atoms with E-state index in [-0.39, 0.29) is 6.10 Å². The summed E-state index contributed by atoms with van der Waals surface area (Å²) in [5.41, 5.74) is 0. The smallest absolute Gasteiger partial charge is 0.119 e. The zero-order chi connectivity index (χ0) is 9.80. The van der Waals surface area contributed by atoms with Crippen molar-refractivity contribution in [2.45, 2.75) is 18.9 Å². The first kappa shape index (κ1) is 9.81. The molecule has 0 amide bonds. The van der Waals surface area contributed by atoms with Gasteiger partial charge in [-0.2, -0.15) is 0 Å². The molecule has 0 aromatic heterocycles. The summed E-state index contributed by atoms with van der Waals surface area (Å²) < 4.78 is 5.76. The molecule has 2 nitrogen and oxygen atoms in total. The fourth-order valence-corrected chi connectivity index (χ4v) is 1.69. The van der Waals surface area contributed by atoms with E-state index in [0.29, 0.717) is 0 Å². The van der Waals surface area contributed by atoms with Crippen LogP contribution in [-0.2, 0) is 0 Å². The van der Waals surface area contributed by atoms with E-state index in [1.165, 1.54) is 0 Å². The average molecular weight is 211 g/mol. The number of hydrogen-bond acceptors (Lipinski definition) is 1. The normalized spacial score (nSPS) is 21.9. The third kappa shape index (κ3) is 2.63. The summed E-state index contributed by atoms with van der Waals surface area (Å²) >= 11 is 5.78. The summed E-state index contributed by atoms with van der Waals surface area (Å²) in [5.74, 6) is 0.886. The zero-order valence-electron chi connectivity index (χ0n) is 7.95. The molecule has 1 aliphatic rings. The number of ether oxygens (including phenoxy) is 1. The molecule has 1 saturated heterocycles. The lowest BCUT2D eigenvalue weighted by atomic mass is 10.1. The predicted octanol–water partition coefficient (Wildman–Crippen LogP) is 2.49. The minimum atomic E-state index is 0.255. The molecule has 1 aliphatic heterocycles. The second-order valence-electron chi connectivity index (χ2n) is 3.47. The van der Waals surface area contributed by atoms with Gasteiger partial charge in [0.25, 0.3) is 0 Å². The van der Waals surface area contributed by atoms with Gasteiger partial charge in [0.15, 0.2) is 0 Å². The zero-order valence-corrected chi connectivity index (χ0v) is 8.70. The molecule has 0 N–H and O–H groups in total. The Kier molecular flexibility index (Phi) is 3.27. The topological polar surface area (TPSA) is 23.3 Å². The Bertz CT molecular complexity index is 280. The predicted molar refractivity (Wildman–Crippen MR) is 57.0 cm³/mol. The molecular formula is C11H13ClNO. The van der Waals surface area contributed by atoms with Crippen molar-refractivity contribution in [3.05, 3.63) is 29.3 Å². The van der Waals surface area contributed by atoms with Crippen molar-refractivity contribution >= 4 is 11.6 Å². The van der Waals surface area contributed by atoms with E-state index in [4.69, 9.17) is 16.3 Å². The first-order chi connectivity index (χ1) is 6.84. The van der Waals surface area contributed by atoms with E-state index in [2.05, 4.69) is 5.32 Å². The van der Waals surface area contributed by atoms with E-state index < -0.39 is 0 Å². The number of piperidine rings is 1. The van der Waals surface area contributed by atoms with Crippen molar-refractivity contribution < 1.29 is 4.74 Å². The third-order valence-electron chi connectivity index (χ3n) is 2.29. The van der Waals surface area contributed by atoms with Gasteiger partial charge in [0, 0.05) is 11.6 Å². The van der Waals surface area contributed by atoms with Gasteiger partial charge in [0.1, 0.15) is 11.9 Å². The molecule has 1 aromatic rings. The molecule has 75 valence electrons. The summed E-state index contributed by atoms with van der Waals surface area (Å²) in [6.07, 6.45) is 2.50. The molecule has 1 unspecified atom stereocenters. The molecule has 0 saturated carbocycles. The third-order valence-corrected chi connectivity index (χ3v) is 2.54. The van der Waals surface area contributed by atoms with Gasteiger partial charge in [-0.3, -0.25) is 0 Å². The van der Waals surface area contributed by atoms with Crippen LogP contribution in [0.15, 0.2) is 24.3 Å². The summed E-state index contributed by atoms with van der Waals surface area (Å²) in [4.78, 5) is 0. The lowest BCUT2D eigenvalue weighted by molar-refractivity contribution is 0.165. The van der Waals surface area contributed by atoms with Gasteiger partial charge in [0.2, 0.25) is 0 Å². The Hall–Kier alpha value is -0.730. The van der Waals surface area contributed by atoms with Crippen LogP contribution in [0.3, 0.4) is 0 Å². The number of nitrogens with zero attached hydrogens (tertiary/aromatic N) is 1. The summed E-state index contributed by atoms with van der Waals surface area (Å²) in [5, 5.41) is 5.06. The summed E-state index contributed by atoms with van der Waals surface area (Å²) in [7, 11) is 0. The fraction of sp³-hybridized carbons (Fsp3) is 0.455. The van der Waals surface area contributed by atoms with Crippen LogP contribution in [0.25, 0.3) is 0 Å². The maximum absolute atomic E-state index is 5.78. The van der Waals surface area contributed by atoms with Crippen LogP contribution < -0.4 is 10.1 Å². The Morgan fingerprint density at radius 3 is 2.71 bits per heavy atom. The van der Waals surface area contributed by atoms with Crippen molar-refractivity contribution in [2.75, 3.05) is 13.1 Å².